The molecule has 80 valence electrons. The molecule has 0 bridgehead atoms. The monoisotopic (exact) mass is 245 g/mol. The number of rotatable bonds is 2. The van der Waals surface area contributed by atoms with Gasteiger partial charge < -0.3 is 5.32 Å². The molecule has 2 aromatic rings. The minimum Gasteiger partial charge on any atom is -0.316 e. The van der Waals surface area contributed by atoms with Gasteiger partial charge in [0.25, 0.3) is 0 Å². The first kappa shape index (κ1) is 11.9. The maximum absolute atomic E-state index is 12.5. The predicted molar refractivity (Wildman–Crippen MR) is 61.6 cm³/mol. The van der Waals surface area contributed by atoms with Crippen LogP contribution in [0, 0.1) is 12.7 Å². The molecule has 0 aliphatic carbocycles. The Bertz CT molecular complexity index is 429. The first-order valence-corrected chi connectivity index (χ1v) is 4.93. The Morgan fingerprint density at radius 3 is 2.73 bits per heavy atom. The fraction of sp³-hybridized carbons (Fsp3) is 0.111. The van der Waals surface area contributed by atoms with Crippen molar-refractivity contribution in [2.75, 3.05) is 5.32 Å². The molecule has 0 atom stereocenters. The molecule has 2 aromatic heterocycles. The van der Waals surface area contributed by atoms with Crippen molar-refractivity contribution in [2.45, 2.75) is 6.92 Å². The highest BCUT2D eigenvalue weighted by molar-refractivity contribution is 7.13. The summed E-state index contributed by atoms with van der Waals surface area (Å²) in [6.45, 7) is 1.92. The lowest BCUT2D eigenvalue weighted by Crippen LogP contribution is -1.92. The molecular weight excluding hydrogens is 237 g/mol. The fourth-order valence-electron chi connectivity index (χ4n) is 0.971. The topological polar surface area (TPSA) is 37.8 Å². The number of nitrogens with zero attached hydrogens (tertiary/aromatic N) is 2. The molecule has 0 spiro atoms. The normalized spacial score (nSPS) is 9.47. The Balaban J connectivity index is 0.00000112. The van der Waals surface area contributed by atoms with Crippen molar-refractivity contribution in [3.8, 4) is 0 Å². The molecule has 0 saturated heterocycles. The molecule has 0 aliphatic rings. The van der Waals surface area contributed by atoms with Crippen LogP contribution in [0.4, 0.5) is 15.3 Å². The van der Waals surface area contributed by atoms with Crippen LogP contribution in [0.5, 0.6) is 0 Å². The van der Waals surface area contributed by atoms with E-state index in [2.05, 4.69) is 15.3 Å². The van der Waals surface area contributed by atoms with Gasteiger partial charge in [-0.15, -0.1) is 23.7 Å². The largest absolute Gasteiger partial charge is 0.316 e. The van der Waals surface area contributed by atoms with Gasteiger partial charge in [0.05, 0.1) is 11.9 Å². The van der Waals surface area contributed by atoms with Gasteiger partial charge in [-0.2, -0.15) is 0 Å². The van der Waals surface area contributed by atoms with Crippen LogP contribution in [0.1, 0.15) is 5.69 Å². The van der Waals surface area contributed by atoms with E-state index >= 15 is 0 Å². The lowest BCUT2D eigenvalue weighted by atomic mass is 10.4. The van der Waals surface area contributed by atoms with Gasteiger partial charge in [-0.1, -0.05) is 0 Å². The van der Waals surface area contributed by atoms with E-state index in [1.807, 2.05) is 12.3 Å². The lowest BCUT2D eigenvalue weighted by Gasteiger charge is -1.99. The minimum atomic E-state index is -0.342. The Morgan fingerprint density at radius 2 is 2.20 bits per heavy atom. The highest BCUT2D eigenvalue weighted by Crippen LogP contribution is 2.18. The lowest BCUT2D eigenvalue weighted by molar-refractivity contribution is 0.622. The summed E-state index contributed by atoms with van der Waals surface area (Å²) in [7, 11) is 0. The third kappa shape index (κ3) is 3.14. The summed E-state index contributed by atoms with van der Waals surface area (Å²) in [5, 5.41) is 5.68. The average molecular weight is 246 g/mol. The third-order valence-electron chi connectivity index (χ3n) is 1.58. The van der Waals surface area contributed by atoms with Gasteiger partial charge >= 0.3 is 0 Å². The molecule has 0 saturated carbocycles. The number of nitrogens with one attached hydrogen (secondary N) is 1. The summed E-state index contributed by atoms with van der Waals surface area (Å²) in [5.41, 5.74) is 0.958. The van der Waals surface area contributed by atoms with Crippen molar-refractivity contribution >= 4 is 34.7 Å². The van der Waals surface area contributed by atoms with Gasteiger partial charge in [-0.3, -0.25) is 0 Å². The van der Waals surface area contributed by atoms with E-state index in [1.165, 1.54) is 23.6 Å². The number of hydrogen-bond acceptors (Lipinski definition) is 4. The maximum atomic E-state index is 12.5. The zero-order valence-corrected chi connectivity index (χ0v) is 9.53. The summed E-state index contributed by atoms with van der Waals surface area (Å²) in [5.74, 6) is 0.256. The van der Waals surface area contributed by atoms with E-state index in [4.69, 9.17) is 0 Å². The Kier molecular flexibility index (Phi) is 3.99. The van der Waals surface area contributed by atoms with Gasteiger partial charge in [0.1, 0.15) is 11.6 Å². The van der Waals surface area contributed by atoms with Crippen LogP contribution in [0.2, 0.25) is 0 Å². The SMILES string of the molecule is Cc1csc(Nc2ccc(F)cn2)n1.Cl. The van der Waals surface area contributed by atoms with E-state index in [-0.39, 0.29) is 18.2 Å². The average Bonchev–Trinajstić information content (AvgIpc) is 2.56. The van der Waals surface area contributed by atoms with Gasteiger partial charge in [-0.25, -0.2) is 14.4 Å². The molecule has 0 aliphatic heterocycles. The quantitative estimate of drug-likeness (QED) is 0.883. The standard InChI is InChI=1S/C9H8FN3S.ClH/c1-6-5-14-9(12-6)13-8-3-2-7(10)4-11-8;/h2-5H,1H3,(H,11,12,13);1H. The maximum Gasteiger partial charge on any atom is 0.188 e. The van der Waals surface area contributed by atoms with Gasteiger partial charge in [0.2, 0.25) is 0 Å². The second-order valence-electron chi connectivity index (χ2n) is 2.78. The van der Waals surface area contributed by atoms with Crippen molar-refractivity contribution in [1.29, 1.82) is 0 Å². The van der Waals surface area contributed by atoms with Crippen LogP contribution in [0.3, 0.4) is 0 Å². The summed E-state index contributed by atoms with van der Waals surface area (Å²) < 4.78 is 12.5. The minimum absolute atomic E-state index is 0. The Labute approximate surface area is 96.8 Å². The van der Waals surface area contributed by atoms with Crippen LogP contribution in [0.25, 0.3) is 0 Å². The summed E-state index contributed by atoms with van der Waals surface area (Å²) >= 11 is 1.49. The zero-order chi connectivity index (χ0) is 9.97. The van der Waals surface area contributed by atoms with E-state index in [9.17, 15) is 4.39 Å². The van der Waals surface area contributed by atoms with Crippen LogP contribution >= 0.6 is 23.7 Å². The molecule has 15 heavy (non-hydrogen) atoms. The van der Waals surface area contributed by atoms with Crippen LogP contribution < -0.4 is 5.32 Å². The van der Waals surface area contributed by atoms with Crippen molar-refractivity contribution in [3.63, 3.8) is 0 Å². The molecule has 2 heterocycles. The number of aromatic nitrogens is 2. The second kappa shape index (κ2) is 5.04. The molecule has 0 radical (unpaired) electrons. The Hall–Kier alpha value is -1.20. The van der Waals surface area contributed by atoms with Gasteiger partial charge in [0, 0.05) is 5.38 Å². The van der Waals surface area contributed by atoms with Crippen molar-refractivity contribution in [1.82, 2.24) is 9.97 Å². The number of hydrogen-bond donors (Lipinski definition) is 1. The smallest absolute Gasteiger partial charge is 0.188 e. The van der Waals surface area contributed by atoms with E-state index in [1.54, 1.807) is 6.07 Å². The van der Waals surface area contributed by atoms with Gasteiger partial charge in [-0.05, 0) is 19.1 Å². The first-order chi connectivity index (χ1) is 6.74. The van der Waals surface area contributed by atoms with Gasteiger partial charge in [0.15, 0.2) is 5.13 Å². The highest BCUT2D eigenvalue weighted by atomic mass is 35.5. The van der Waals surface area contributed by atoms with Crippen LogP contribution in [-0.4, -0.2) is 9.97 Å². The highest BCUT2D eigenvalue weighted by Gasteiger charge is 1.99. The number of aryl methyl sites for hydroxylation is 1. The summed E-state index contributed by atoms with van der Waals surface area (Å²) in [6, 6.07) is 2.93. The number of pyridine rings is 1. The molecule has 6 heteroatoms. The molecular formula is C9H9ClFN3S. The zero-order valence-electron chi connectivity index (χ0n) is 7.90. The first-order valence-electron chi connectivity index (χ1n) is 4.05. The van der Waals surface area contributed by atoms with E-state index in [0.717, 1.165) is 10.8 Å². The number of thiazole rings is 1. The second-order valence-corrected chi connectivity index (χ2v) is 3.64. The van der Waals surface area contributed by atoms with Crippen LogP contribution in [-0.2, 0) is 0 Å². The van der Waals surface area contributed by atoms with Crippen molar-refractivity contribution < 1.29 is 4.39 Å². The molecule has 3 nitrogen and oxygen atoms in total. The number of anilines is 2. The predicted octanol–water partition coefficient (Wildman–Crippen LogP) is 3.15. The number of halogens is 2. The molecule has 0 unspecified atom stereocenters. The van der Waals surface area contributed by atoms with E-state index in [0.29, 0.717) is 5.82 Å². The third-order valence-corrected chi connectivity index (χ3v) is 2.46. The summed E-state index contributed by atoms with van der Waals surface area (Å²) in [4.78, 5) is 8.07. The van der Waals surface area contributed by atoms with Crippen LogP contribution in [0.15, 0.2) is 23.7 Å². The summed E-state index contributed by atoms with van der Waals surface area (Å²) in [6.07, 6.45) is 1.17. The Morgan fingerprint density at radius 1 is 1.40 bits per heavy atom. The van der Waals surface area contributed by atoms with E-state index < -0.39 is 0 Å². The molecule has 2 rings (SSSR count). The van der Waals surface area contributed by atoms with Crippen molar-refractivity contribution in [2.24, 2.45) is 0 Å². The molecule has 0 aromatic carbocycles. The van der Waals surface area contributed by atoms with Crippen molar-refractivity contribution in [3.05, 3.63) is 35.2 Å². The molecule has 1 N–H and O–H groups in total. The fourth-order valence-corrected chi connectivity index (χ4v) is 1.67. The molecule has 0 amide bonds. The molecule has 0 fully saturated rings.